The number of rotatable bonds is 7. The Morgan fingerprint density at radius 3 is 2.46 bits per heavy atom. The highest BCUT2D eigenvalue weighted by Crippen LogP contribution is 2.54. The van der Waals surface area contributed by atoms with E-state index in [4.69, 9.17) is 18.9 Å². The van der Waals surface area contributed by atoms with Crippen LogP contribution < -0.4 is 15.0 Å². The molecule has 4 aliphatic rings. The quantitative estimate of drug-likeness (QED) is 0.338. The highest BCUT2D eigenvalue weighted by molar-refractivity contribution is 6.05. The number of carbonyl (C=O) groups is 4. The number of esters is 1. The summed E-state index contributed by atoms with van der Waals surface area (Å²) in [4.78, 5) is 59.6. The summed E-state index contributed by atoms with van der Waals surface area (Å²) < 4.78 is 23.7. The van der Waals surface area contributed by atoms with Gasteiger partial charge in [0.05, 0.1) is 44.4 Å². The van der Waals surface area contributed by atoms with Crippen molar-refractivity contribution in [3.63, 3.8) is 0 Å². The monoisotopic (exact) mass is 659 g/mol. The lowest BCUT2D eigenvalue weighted by Gasteiger charge is -2.37. The molecule has 6 rings (SSSR count). The topological polar surface area (TPSA) is 144 Å². The fourth-order valence-electron chi connectivity index (χ4n) is 7.39. The number of benzene rings is 2. The molecular formula is C36H41N3O9. The minimum absolute atomic E-state index is 0.0631. The molecule has 48 heavy (non-hydrogen) atoms. The first kappa shape index (κ1) is 33.4. The van der Waals surface area contributed by atoms with Crippen LogP contribution in [0.25, 0.3) is 0 Å². The third-order valence-electron chi connectivity index (χ3n) is 9.62. The molecule has 12 heteroatoms. The van der Waals surface area contributed by atoms with Gasteiger partial charge in [0.15, 0.2) is 0 Å². The zero-order chi connectivity index (χ0) is 34.0. The summed E-state index contributed by atoms with van der Waals surface area (Å²) in [6.45, 7) is 1.50. The van der Waals surface area contributed by atoms with Gasteiger partial charge in [-0.05, 0) is 43.2 Å². The van der Waals surface area contributed by atoms with Crippen LogP contribution in [-0.4, -0.2) is 97.5 Å². The van der Waals surface area contributed by atoms with Gasteiger partial charge < -0.3 is 39.2 Å². The van der Waals surface area contributed by atoms with Gasteiger partial charge in [-0.2, -0.15) is 0 Å². The lowest BCUT2D eigenvalue weighted by Crippen LogP contribution is -2.57. The second-order valence-electron chi connectivity index (χ2n) is 12.5. The standard InChI is InChI=1S/C36H41N3O9/c1-22(20-40)39-32-34(43)38(24-14-16-25(46-3)17-15-24)19-9-18-36(32)30(33(39)42)29-27(48-36)12-7-8-13-28(41)37-26(21-45-2)31(47-35(29)44)23-10-5-4-6-11-23/h4-7,9-12,14-18,22,26-27,29-32,40H,8,13,19-21H2,1-3H3,(H,37,41)/b12-7-/t22-,26-,27-,29+,30+,31-,32-,36+/m1/s1. The molecular weight excluding hydrogens is 618 g/mol. The van der Waals surface area contributed by atoms with Gasteiger partial charge in [0.25, 0.3) is 5.91 Å². The number of hydrogen-bond donors (Lipinski definition) is 2. The van der Waals surface area contributed by atoms with Gasteiger partial charge in [0, 0.05) is 25.8 Å². The lowest BCUT2D eigenvalue weighted by atomic mass is 9.77. The van der Waals surface area contributed by atoms with E-state index >= 15 is 0 Å². The van der Waals surface area contributed by atoms with Gasteiger partial charge in [-0.25, -0.2) is 0 Å². The van der Waals surface area contributed by atoms with E-state index < -0.39 is 72.2 Å². The van der Waals surface area contributed by atoms with Gasteiger partial charge in [0.2, 0.25) is 11.8 Å². The lowest BCUT2D eigenvalue weighted by molar-refractivity contribution is -0.162. The average Bonchev–Trinajstić information content (AvgIpc) is 3.49. The van der Waals surface area contributed by atoms with Gasteiger partial charge in [-0.1, -0.05) is 54.6 Å². The van der Waals surface area contributed by atoms with Crippen LogP contribution >= 0.6 is 0 Å². The Bertz CT molecular complexity index is 1580. The molecule has 4 aliphatic heterocycles. The Labute approximate surface area is 279 Å². The molecule has 0 bridgehead atoms. The highest BCUT2D eigenvalue weighted by Gasteiger charge is 2.72. The van der Waals surface area contributed by atoms with E-state index in [-0.39, 0.29) is 25.5 Å². The molecule has 3 amide bonds. The molecule has 1 spiro atoms. The molecule has 4 heterocycles. The Hall–Kier alpha value is -4.52. The predicted octanol–water partition coefficient (Wildman–Crippen LogP) is 2.33. The van der Waals surface area contributed by atoms with Crippen molar-refractivity contribution in [2.24, 2.45) is 11.8 Å². The molecule has 8 atom stereocenters. The fraction of sp³-hybridized carbons (Fsp3) is 0.444. The third kappa shape index (κ3) is 5.88. The van der Waals surface area contributed by atoms with Crippen molar-refractivity contribution in [3.8, 4) is 5.75 Å². The van der Waals surface area contributed by atoms with Gasteiger partial charge in [-0.3, -0.25) is 19.2 Å². The van der Waals surface area contributed by atoms with Crippen LogP contribution in [0.4, 0.5) is 5.69 Å². The molecule has 0 aromatic heterocycles. The Morgan fingerprint density at radius 1 is 1.02 bits per heavy atom. The number of likely N-dealkylation sites (tertiary alicyclic amines) is 1. The van der Waals surface area contributed by atoms with E-state index in [1.807, 2.05) is 6.07 Å². The number of allylic oxidation sites excluding steroid dienone is 1. The number of ether oxygens (including phenoxy) is 4. The smallest absolute Gasteiger partial charge is 0.313 e. The summed E-state index contributed by atoms with van der Waals surface area (Å²) in [7, 11) is 3.05. The van der Waals surface area contributed by atoms with Crippen LogP contribution in [0.15, 0.2) is 78.9 Å². The summed E-state index contributed by atoms with van der Waals surface area (Å²) in [5.41, 5.74) is -0.317. The Balaban J connectivity index is 1.44. The summed E-state index contributed by atoms with van der Waals surface area (Å²) in [5.74, 6) is -3.49. The van der Waals surface area contributed by atoms with E-state index in [0.717, 1.165) is 0 Å². The SMILES string of the molecule is COC[C@H]1NC(=O)CC/C=C\[C@H]2O[C@]34C=CCN(c5ccc(OC)cc5)C(=O)[C@H]3N([C@H](C)CO)C(=O)[C@@H]4[C@H]2C(=O)O[C@@H]1c1ccccc1. The minimum atomic E-state index is -1.54. The Kier molecular flexibility index (Phi) is 9.68. The minimum Gasteiger partial charge on any atom is -0.497 e. The number of hydrogen-bond acceptors (Lipinski definition) is 9. The number of aliphatic hydroxyl groups excluding tert-OH is 1. The van der Waals surface area contributed by atoms with E-state index in [1.54, 1.807) is 91.8 Å². The first-order chi connectivity index (χ1) is 23.2. The molecule has 0 saturated carbocycles. The summed E-state index contributed by atoms with van der Waals surface area (Å²) in [6, 6.07) is 13.4. The summed E-state index contributed by atoms with van der Waals surface area (Å²) in [5, 5.41) is 13.2. The number of nitrogens with zero attached hydrogens (tertiary/aromatic N) is 2. The maximum Gasteiger partial charge on any atom is 0.313 e. The number of carbonyl (C=O) groups excluding carboxylic acids is 4. The van der Waals surface area contributed by atoms with Crippen LogP contribution in [0.3, 0.4) is 0 Å². The van der Waals surface area contributed by atoms with Crippen molar-refractivity contribution in [3.05, 3.63) is 84.5 Å². The van der Waals surface area contributed by atoms with Crippen molar-refractivity contribution in [2.45, 2.75) is 55.7 Å². The first-order valence-corrected chi connectivity index (χ1v) is 16.2. The number of amides is 3. The molecule has 0 radical (unpaired) electrons. The number of fused-ring (bicyclic) bond motifs is 2. The molecule has 0 aliphatic carbocycles. The van der Waals surface area contributed by atoms with Gasteiger partial charge in [-0.15, -0.1) is 0 Å². The van der Waals surface area contributed by atoms with Crippen molar-refractivity contribution >= 4 is 29.4 Å². The zero-order valence-electron chi connectivity index (χ0n) is 27.2. The number of methoxy groups -OCH3 is 2. The van der Waals surface area contributed by atoms with E-state index in [2.05, 4.69) is 5.32 Å². The maximum atomic E-state index is 14.6. The largest absolute Gasteiger partial charge is 0.497 e. The van der Waals surface area contributed by atoms with Crippen LogP contribution in [0, 0.1) is 11.8 Å². The van der Waals surface area contributed by atoms with Crippen LogP contribution in [0.1, 0.15) is 31.4 Å². The molecule has 2 fully saturated rings. The maximum absolute atomic E-state index is 14.6. The van der Waals surface area contributed by atoms with Crippen molar-refractivity contribution in [1.29, 1.82) is 0 Å². The second kappa shape index (κ2) is 13.9. The van der Waals surface area contributed by atoms with Crippen LogP contribution in [0.5, 0.6) is 5.75 Å². The summed E-state index contributed by atoms with van der Waals surface area (Å²) >= 11 is 0. The normalized spacial score (nSPS) is 31.8. The van der Waals surface area contributed by atoms with E-state index in [9.17, 15) is 24.3 Å². The highest BCUT2D eigenvalue weighted by atomic mass is 16.6. The summed E-state index contributed by atoms with van der Waals surface area (Å²) in [6.07, 6.45) is 5.58. The predicted molar refractivity (Wildman–Crippen MR) is 174 cm³/mol. The average molecular weight is 660 g/mol. The van der Waals surface area contributed by atoms with Crippen molar-refractivity contribution in [2.75, 3.05) is 38.9 Å². The second-order valence-corrected chi connectivity index (χ2v) is 12.5. The molecule has 254 valence electrons. The molecule has 2 saturated heterocycles. The fourth-order valence-corrected chi connectivity index (χ4v) is 7.39. The van der Waals surface area contributed by atoms with Crippen molar-refractivity contribution < 1.29 is 43.2 Å². The number of anilines is 1. The third-order valence-corrected chi connectivity index (χ3v) is 9.62. The zero-order valence-corrected chi connectivity index (χ0v) is 27.2. The molecule has 0 unspecified atom stereocenters. The number of nitrogens with one attached hydrogen (secondary N) is 1. The molecule has 2 aromatic carbocycles. The van der Waals surface area contributed by atoms with Crippen LogP contribution in [-0.2, 0) is 33.4 Å². The molecule has 12 nitrogen and oxygen atoms in total. The van der Waals surface area contributed by atoms with Gasteiger partial charge in [0.1, 0.15) is 29.4 Å². The molecule has 2 N–H and O–H groups in total. The van der Waals surface area contributed by atoms with E-state index in [1.165, 1.54) is 12.0 Å². The van der Waals surface area contributed by atoms with E-state index in [0.29, 0.717) is 23.4 Å². The first-order valence-electron chi connectivity index (χ1n) is 16.2. The number of cyclic esters (lactones) is 1. The Morgan fingerprint density at radius 2 is 1.77 bits per heavy atom. The number of aliphatic hydroxyl groups is 1. The van der Waals surface area contributed by atoms with Crippen LogP contribution in [0.2, 0.25) is 0 Å². The van der Waals surface area contributed by atoms with Crippen molar-refractivity contribution in [1.82, 2.24) is 10.2 Å². The van der Waals surface area contributed by atoms with Gasteiger partial charge >= 0.3 is 5.97 Å². The molecule has 2 aromatic rings.